The van der Waals surface area contributed by atoms with E-state index < -0.39 is 0 Å². The van der Waals surface area contributed by atoms with Crippen LogP contribution in [-0.2, 0) is 4.79 Å². The van der Waals surface area contributed by atoms with Gasteiger partial charge in [-0.05, 0) is 23.5 Å². The summed E-state index contributed by atoms with van der Waals surface area (Å²) in [5.41, 5.74) is 4.90. The SMILES string of the molecule is CCCCCCCC(=O)N/N=C\c1ccc(C(C)C)cc1. The zero-order chi connectivity index (χ0) is 15.5. The third-order valence-corrected chi connectivity index (χ3v) is 3.51. The Labute approximate surface area is 128 Å². The van der Waals surface area contributed by atoms with Crippen LogP contribution in [0.4, 0.5) is 0 Å². The Hall–Kier alpha value is -1.64. The van der Waals surface area contributed by atoms with Gasteiger partial charge in [0.25, 0.3) is 0 Å². The van der Waals surface area contributed by atoms with Gasteiger partial charge in [0, 0.05) is 6.42 Å². The van der Waals surface area contributed by atoms with Crippen LogP contribution in [0, 0.1) is 0 Å². The van der Waals surface area contributed by atoms with Crippen LogP contribution in [-0.4, -0.2) is 12.1 Å². The van der Waals surface area contributed by atoms with Crippen LogP contribution >= 0.6 is 0 Å². The smallest absolute Gasteiger partial charge is 0.240 e. The molecule has 1 amide bonds. The number of rotatable bonds is 9. The predicted molar refractivity (Wildman–Crippen MR) is 89.6 cm³/mol. The second kappa shape index (κ2) is 10.1. The van der Waals surface area contributed by atoms with Crippen LogP contribution in [0.1, 0.15) is 76.3 Å². The standard InChI is InChI=1S/C18H28N2O/c1-4-5-6-7-8-9-18(21)20-19-14-16-10-12-17(13-11-16)15(2)3/h10-15H,4-9H2,1-3H3,(H,20,21)/b19-14-. The predicted octanol–water partition coefficient (Wildman–Crippen LogP) is 4.62. The number of nitrogens with zero attached hydrogens (tertiary/aromatic N) is 1. The van der Waals surface area contributed by atoms with Crippen LogP contribution in [0.2, 0.25) is 0 Å². The van der Waals surface area contributed by atoms with Crippen LogP contribution in [0.25, 0.3) is 0 Å². The molecular weight excluding hydrogens is 260 g/mol. The van der Waals surface area contributed by atoms with Crippen molar-refractivity contribution in [2.45, 2.75) is 65.2 Å². The zero-order valence-corrected chi connectivity index (χ0v) is 13.6. The highest BCUT2D eigenvalue weighted by Crippen LogP contribution is 2.13. The molecule has 21 heavy (non-hydrogen) atoms. The topological polar surface area (TPSA) is 41.5 Å². The lowest BCUT2D eigenvalue weighted by Crippen LogP contribution is -2.16. The van der Waals surface area contributed by atoms with E-state index in [1.54, 1.807) is 6.21 Å². The summed E-state index contributed by atoms with van der Waals surface area (Å²) in [6.45, 7) is 6.53. The Morgan fingerprint density at radius 2 is 1.81 bits per heavy atom. The normalized spacial score (nSPS) is 11.2. The molecule has 0 aliphatic rings. The molecule has 0 heterocycles. The third-order valence-electron chi connectivity index (χ3n) is 3.51. The van der Waals surface area contributed by atoms with Crippen LogP contribution < -0.4 is 5.43 Å². The van der Waals surface area contributed by atoms with Gasteiger partial charge >= 0.3 is 0 Å². The molecule has 0 aliphatic heterocycles. The summed E-state index contributed by atoms with van der Waals surface area (Å²) >= 11 is 0. The lowest BCUT2D eigenvalue weighted by atomic mass is 10.0. The third kappa shape index (κ3) is 7.64. The molecule has 0 radical (unpaired) electrons. The molecular formula is C18H28N2O. The highest BCUT2D eigenvalue weighted by molar-refractivity contribution is 5.82. The van der Waals surface area contributed by atoms with Gasteiger partial charge in [-0.1, -0.05) is 70.7 Å². The zero-order valence-electron chi connectivity index (χ0n) is 13.6. The van der Waals surface area contributed by atoms with Crippen molar-refractivity contribution in [3.05, 3.63) is 35.4 Å². The van der Waals surface area contributed by atoms with Crippen molar-refractivity contribution in [3.63, 3.8) is 0 Å². The number of hydrogen-bond acceptors (Lipinski definition) is 2. The lowest BCUT2D eigenvalue weighted by molar-refractivity contribution is -0.121. The maximum atomic E-state index is 11.6. The van der Waals surface area contributed by atoms with E-state index in [9.17, 15) is 4.79 Å². The van der Waals surface area contributed by atoms with Crippen molar-refractivity contribution in [2.24, 2.45) is 5.10 Å². The number of carbonyl (C=O) groups excluding carboxylic acids is 1. The number of unbranched alkanes of at least 4 members (excludes halogenated alkanes) is 4. The first-order chi connectivity index (χ1) is 10.1. The first kappa shape index (κ1) is 17.4. The number of hydrogen-bond donors (Lipinski definition) is 1. The molecule has 0 fully saturated rings. The van der Waals surface area contributed by atoms with E-state index in [4.69, 9.17) is 0 Å². The van der Waals surface area contributed by atoms with Crippen LogP contribution in [0.5, 0.6) is 0 Å². The minimum atomic E-state index is 0.00143. The van der Waals surface area contributed by atoms with Crippen molar-refractivity contribution < 1.29 is 4.79 Å². The first-order valence-corrected chi connectivity index (χ1v) is 8.05. The molecule has 3 heteroatoms. The molecule has 0 unspecified atom stereocenters. The van der Waals surface area contributed by atoms with Gasteiger partial charge in [0.05, 0.1) is 6.21 Å². The van der Waals surface area contributed by atoms with Gasteiger partial charge in [0.15, 0.2) is 0 Å². The minimum Gasteiger partial charge on any atom is -0.273 e. The molecule has 0 bridgehead atoms. The second-order valence-electron chi connectivity index (χ2n) is 5.78. The number of nitrogens with one attached hydrogen (secondary N) is 1. The first-order valence-electron chi connectivity index (χ1n) is 8.05. The van der Waals surface area contributed by atoms with Crippen molar-refractivity contribution in [2.75, 3.05) is 0 Å². The molecule has 0 saturated carbocycles. The maximum absolute atomic E-state index is 11.6. The molecule has 0 spiro atoms. The van der Waals surface area contributed by atoms with Gasteiger partial charge in [0.1, 0.15) is 0 Å². The van der Waals surface area contributed by atoms with Crippen molar-refractivity contribution in [1.29, 1.82) is 0 Å². The fourth-order valence-electron chi connectivity index (χ4n) is 2.09. The summed E-state index contributed by atoms with van der Waals surface area (Å²) in [4.78, 5) is 11.6. The average Bonchev–Trinajstić information content (AvgIpc) is 2.47. The molecule has 0 saturated heterocycles. The molecule has 0 aliphatic carbocycles. The largest absolute Gasteiger partial charge is 0.273 e. The Kier molecular flexibility index (Phi) is 8.41. The molecule has 3 nitrogen and oxygen atoms in total. The maximum Gasteiger partial charge on any atom is 0.240 e. The fourth-order valence-corrected chi connectivity index (χ4v) is 2.09. The number of carbonyl (C=O) groups is 1. The number of amides is 1. The molecule has 0 aromatic heterocycles. The van der Waals surface area contributed by atoms with Crippen LogP contribution in [0.3, 0.4) is 0 Å². The number of benzene rings is 1. The highest BCUT2D eigenvalue weighted by Gasteiger charge is 1.99. The molecule has 1 aromatic carbocycles. The van der Waals surface area contributed by atoms with Gasteiger partial charge < -0.3 is 0 Å². The van der Waals surface area contributed by atoms with E-state index in [0.29, 0.717) is 12.3 Å². The molecule has 0 atom stereocenters. The highest BCUT2D eigenvalue weighted by atomic mass is 16.2. The van der Waals surface area contributed by atoms with E-state index in [-0.39, 0.29) is 5.91 Å². The lowest BCUT2D eigenvalue weighted by Gasteiger charge is -2.04. The molecule has 1 aromatic rings. The van der Waals surface area contributed by atoms with Crippen molar-refractivity contribution in [3.8, 4) is 0 Å². The van der Waals surface area contributed by atoms with Gasteiger partial charge in [0.2, 0.25) is 5.91 Å². The summed E-state index contributed by atoms with van der Waals surface area (Å²) < 4.78 is 0. The van der Waals surface area contributed by atoms with Crippen molar-refractivity contribution in [1.82, 2.24) is 5.43 Å². The van der Waals surface area contributed by atoms with Gasteiger partial charge in [-0.3, -0.25) is 4.79 Å². The monoisotopic (exact) mass is 288 g/mol. The summed E-state index contributed by atoms with van der Waals surface area (Å²) in [6, 6.07) is 8.24. The summed E-state index contributed by atoms with van der Waals surface area (Å²) in [5, 5.41) is 4.01. The summed E-state index contributed by atoms with van der Waals surface area (Å²) in [6.07, 6.45) is 8.03. The van der Waals surface area contributed by atoms with E-state index >= 15 is 0 Å². The Morgan fingerprint density at radius 1 is 1.14 bits per heavy atom. The minimum absolute atomic E-state index is 0.00143. The number of hydrazone groups is 1. The Balaban J connectivity index is 2.25. The Morgan fingerprint density at radius 3 is 2.43 bits per heavy atom. The van der Waals surface area contributed by atoms with Gasteiger partial charge in [-0.25, -0.2) is 5.43 Å². The van der Waals surface area contributed by atoms with E-state index in [1.807, 2.05) is 12.1 Å². The van der Waals surface area contributed by atoms with Gasteiger partial charge in [-0.15, -0.1) is 0 Å². The van der Waals surface area contributed by atoms with E-state index in [2.05, 4.69) is 43.4 Å². The molecule has 1 N–H and O–H groups in total. The summed E-state index contributed by atoms with van der Waals surface area (Å²) in [5.74, 6) is 0.532. The van der Waals surface area contributed by atoms with Crippen molar-refractivity contribution >= 4 is 12.1 Å². The van der Waals surface area contributed by atoms with E-state index in [0.717, 1.165) is 18.4 Å². The second-order valence-corrected chi connectivity index (χ2v) is 5.78. The molecule has 1 rings (SSSR count). The Bertz CT molecular complexity index is 435. The van der Waals surface area contributed by atoms with Crippen LogP contribution in [0.15, 0.2) is 29.4 Å². The fraction of sp³-hybridized carbons (Fsp3) is 0.556. The average molecular weight is 288 g/mol. The quantitative estimate of drug-likeness (QED) is 0.402. The van der Waals surface area contributed by atoms with Gasteiger partial charge in [-0.2, -0.15) is 5.10 Å². The van der Waals surface area contributed by atoms with E-state index in [1.165, 1.54) is 24.8 Å². The summed E-state index contributed by atoms with van der Waals surface area (Å²) in [7, 11) is 0. The molecule has 116 valence electrons.